The van der Waals surface area contributed by atoms with Gasteiger partial charge in [0.25, 0.3) is 5.56 Å². The number of aromatic nitrogens is 2. The first-order valence-electron chi connectivity index (χ1n) is 11.5. The van der Waals surface area contributed by atoms with Crippen LogP contribution in [0.3, 0.4) is 0 Å². The molecule has 6 nitrogen and oxygen atoms in total. The van der Waals surface area contributed by atoms with Gasteiger partial charge < -0.3 is 0 Å². The van der Waals surface area contributed by atoms with Crippen LogP contribution in [0.4, 0.5) is 0 Å². The second kappa shape index (κ2) is 9.06. The molecule has 0 aliphatic heterocycles. The number of sulfonamides is 1. The second-order valence-electron chi connectivity index (χ2n) is 10.0. The Morgan fingerprint density at radius 3 is 2.23 bits per heavy atom. The number of hydrogen-bond acceptors (Lipinski definition) is 4. The van der Waals surface area contributed by atoms with Crippen LogP contribution in [0.1, 0.15) is 43.3 Å². The van der Waals surface area contributed by atoms with E-state index in [2.05, 4.69) is 20.8 Å². The molecule has 0 fully saturated rings. The fraction of sp³-hybridized carbons (Fsp3) is 0.286. The van der Waals surface area contributed by atoms with Crippen LogP contribution in [0.2, 0.25) is 0 Å². The molecule has 0 aliphatic carbocycles. The summed E-state index contributed by atoms with van der Waals surface area (Å²) in [6, 6.07) is 19.9. The van der Waals surface area contributed by atoms with Gasteiger partial charge in [-0.2, -0.15) is 4.31 Å². The molecule has 0 spiro atoms. The van der Waals surface area contributed by atoms with Crippen LogP contribution in [-0.4, -0.2) is 29.3 Å². The quantitative estimate of drug-likeness (QED) is 0.390. The molecular weight excluding hydrogens is 458 g/mol. The lowest BCUT2D eigenvalue weighted by Crippen LogP contribution is -2.32. The molecule has 3 aromatic carbocycles. The van der Waals surface area contributed by atoms with E-state index in [1.807, 2.05) is 50.2 Å². The van der Waals surface area contributed by atoms with Crippen molar-refractivity contribution in [2.45, 2.75) is 51.5 Å². The molecule has 0 amide bonds. The molecule has 35 heavy (non-hydrogen) atoms. The molecule has 4 rings (SSSR count). The SMILES string of the molecule is Cc1ccc(-n2c(CN(C)S(=O)(=O)c3ccc(C(C)(C)C)cc3)nc3ccccc3c2=O)c(C)c1. The van der Waals surface area contributed by atoms with E-state index < -0.39 is 10.0 Å². The van der Waals surface area contributed by atoms with E-state index in [0.717, 1.165) is 16.7 Å². The molecule has 0 atom stereocenters. The summed E-state index contributed by atoms with van der Waals surface area (Å²) < 4.78 is 29.6. The molecule has 1 aromatic heterocycles. The lowest BCUT2D eigenvalue weighted by Gasteiger charge is -2.22. The number of para-hydroxylation sites is 1. The van der Waals surface area contributed by atoms with Crippen molar-refractivity contribution in [2.75, 3.05) is 7.05 Å². The van der Waals surface area contributed by atoms with E-state index in [1.54, 1.807) is 30.3 Å². The molecule has 7 heteroatoms. The predicted molar refractivity (Wildman–Crippen MR) is 141 cm³/mol. The molecule has 182 valence electrons. The largest absolute Gasteiger partial charge is 0.268 e. The van der Waals surface area contributed by atoms with E-state index in [1.165, 1.54) is 15.9 Å². The highest BCUT2D eigenvalue weighted by molar-refractivity contribution is 7.89. The van der Waals surface area contributed by atoms with Crippen molar-refractivity contribution < 1.29 is 8.42 Å². The van der Waals surface area contributed by atoms with Gasteiger partial charge in [0.05, 0.1) is 28.0 Å². The highest BCUT2D eigenvalue weighted by Gasteiger charge is 2.25. The number of nitrogens with zero attached hydrogens (tertiary/aromatic N) is 3. The van der Waals surface area contributed by atoms with Crippen LogP contribution in [0, 0.1) is 13.8 Å². The van der Waals surface area contributed by atoms with Gasteiger partial charge in [-0.1, -0.05) is 62.7 Å². The lowest BCUT2D eigenvalue weighted by atomic mass is 9.87. The first-order chi connectivity index (χ1) is 16.4. The van der Waals surface area contributed by atoms with Gasteiger partial charge in [0.2, 0.25) is 10.0 Å². The monoisotopic (exact) mass is 489 g/mol. The smallest absolute Gasteiger partial charge is 0.266 e. The average Bonchev–Trinajstić information content (AvgIpc) is 2.80. The molecule has 0 N–H and O–H groups in total. The van der Waals surface area contributed by atoms with E-state index in [-0.39, 0.29) is 22.4 Å². The fourth-order valence-corrected chi connectivity index (χ4v) is 5.31. The Bertz CT molecular complexity index is 1560. The normalized spacial score (nSPS) is 12.4. The molecule has 0 bridgehead atoms. The summed E-state index contributed by atoms with van der Waals surface area (Å²) in [5.41, 5.74) is 3.96. The summed E-state index contributed by atoms with van der Waals surface area (Å²) in [6.07, 6.45) is 0. The van der Waals surface area contributed by atoms with Crippen LogP contribution in [0.15, 0.2) is 76.4 Å². The van der Waals surface area contributed by atoms with Gasteiger partial charge in [-0.15, -0.1) is 0 Å². The van der Waals surface area contributed by atoms with Crippen molar-refractivity contribution >= 4 is 20.9 Å². The summed E-state index contributed by atoms with van der Waals surface area (Å²) in [7, 11) is -2.29. The highest BCUT2D eigenvalue weighted by atomic mass is 32.2. The molecule has 0 unspecified atom stereocenters. The maximum Gasteiger partial charge on any atom is 0.266 e. The van der Waals surface area contributed by atoms with Crippen molar-refractivity contribution in [3.8, 4) is 5.69 Å². The molecule has 0 saturated carbocycles. The third kappa shape index (κ3) is 4.79. The standard InChI is InChI=1S/C28H31N3O3S/c1-19-11-16-25(20(2)17-19)31-26(29-24-10-8-7-9-23(24)27(31)32)18-30(6)35(33,34)22-14-12-21(13-15-22)28(3,4)5/h7-17H,18H2,1-6H3. The molecule has 0 radical (unpaired) electrons. The first-order valence-corrected chi connectivity index (χ1v) is 13.0. The van der Waals surface area contributed by atoms with Crippen molar-refractivity contribution in [1.82, 2.24) is 13.9 Å². The van der Waals surface area contributed by atoms with Gasteiger partial charge in [0.15, 0.2) is 0 Å². The van der Waals surface area contributed by atoms with E-state index in [0.29, 0.717) is 22.4 Å². The predicted octanol–water partition coefficient (Wildman–Crippen LogP) is 5.12. The Balaban J connectivity index is 1.81. The number of rotatable bonds is 5. The van der Waals surface area contributed by atoms with Gasteiger partial charge in [0, 0.05) is 7.05 Å². The zero-order valence-electron chi connectivity index (χ0n) is 21.0. The number of fused-ring (bicyclic) bond motifs is 1. The van der Waals surface area contributed by atoms with Crippen LogP contribution in [0.25, 0.3) is 16.6 Å². The van der Waals surface area contributed by atoms with Crippen LogP contribution in [0.5, 0.6) is 0 Å². The zero-order chi connectivity index (χ0) is 25.5. The average molecular weight is 490 g/mol. The Hall–Kier alpha value is -3.29. The molecule has 0 saturated heterocycles. The van der Waals surface area contributed by atoms with Crippen LogP contribution in [-0.2, 0) is 22.0 Å². The van der Waals surface area contributed by atoms with Crippen molar-refractivity contribution in [3.05, 3.63) is 99.6 Å². The van der Waals surface area contributed by atoms with Crippen molar-refractivity contribution in [2.24, 2.45) is 0 Å². The Kier molecular flexibility index (Phi) is 6.42. The van der Waals surface area contributed by atoms with Gasteiger partial charge >= 0.3 is 0 Å². The van der Waals surface area contributed by atoms with Gasteiger partial charge in [-0.05, 0) is 60.7 Å². The van der Waals surface area contributed by atoms with Crippen molar-refractivity contribution in [3.63, 3.8) is 0 Å². The summed E-state index contributed by atoms with van der Waals surface area (Å²) in [5.74, 6) is 0.359. The molecule has 1 heterocycles. The summed E-state index contributed by atoms with van der Waals surface area (Å²) in [4.78, 5) is 18.5. The minimum absolute atomic E-state index is 0.0588. The Morgan fingerprint density at radius 1 is 0.943 bits per heavy atom. The van der Waals surface area contributed by atoms with Crippen molar-refractivity contribution in [1.29, 1.82) is 0 Å². The minimum atomic E-state index is -3.80. The maximum absolute atomic E-state index is 13.6. The zero-order valence-corrected chi connectivity index (χ0v) is 21.8. The highest BCUT2D eigenvalue weighted by Crippen LogP contribution is 2.25. The number of benzene rings is 3. The number of aryl methyl sites for hydroxylation is 2. The summed E-state index contributed by atoms with van der Waals surface area (Å²) in [6.45, 7) is 10.1. The van der Waals surface area contributed by atoms with Gasteiger partial charge in [-0.25, -0.2) is 13.4 Å². The lowest BCUT2D eigenvalue weighted by molar-refractivity contribution is 0.452. The summed E-state index contributed by atoms with van der Waals surface area (Å²) >= 11 is 0. The Labute approximate surface area is 206 Å². The fourth-order valence-electron chi connectivity index (χ4n) is 4.18. The van der Waals surface area contributed by atoms with E-state index in [9.17, 15) is 13.2 Å². The molecule has 4 aromatic rings. The minimum Gasteiger partial charge on any atom is -0.268 e. The second-order valence-corrected chi connectivity index (χ2v) is 12.1. The van der Waals surface area contributed by atoms with Crippen LogP contribution >= 0.6 is 0 Å². The topological polar surface area (TPSA) is 72.3 Å². The summed E-state index contributed by atoms with van der Waals surface area (Å²) in [5, 5.41) is 0.486. The Morgan fingerprint density at radius 2 is 1.60 bits per heavy atom. The third-order valence-electron chi connectivity index (χ3n) is 6.23. The van der Waals surface area contributed by atoms with E-state index >= 15 is 0 Å². The molecular formula is C28H31N3O3S. The number of hydrogen-bond donors (Lipinski definition) is 0. The van der Waals surface area contributed by atoms with Crippen LogP contribution < -0.4 is 5.56 Å². The third-order valence-corrected chi connectivity index (χ3v) is 8.05. The maximum atomic E-state index is 13.6. The van der Waals surface area contributed by atoms with Gasteiger partial charge in [0.1, 0.15) is 5.82 Å². The van der Waals surface area contributed by atoms with E-state index in [4.69, 9.17) is 4.98 Å². The first kappa shape index (κ1) is 24.8. The van der Waals surface area contributed by atoms with Gasteiger partial charge in [-0.3, -0.25) is 9.36 Å². The molecule has 0 aliphatic rings.